The molecule has 0 aromatic carbocycles. The molecule has 1 aromatic heterocycles. The minimum absolute atomic E-state index is 0.0872. The normalized spacial score (nSPS) is 15.4. The van der Waals surface area contributed by atoms with E-state index in [-0.39, 0.29) is 6.10 Å². The minimum atomic E-state index is -0.445. The third-order valence-corrected chi connectivity index (χ3v) is 3.43. The van der Waals surface area contributed by atoms with E-state index in [1.54, 1.807) is 7.11 Å². The second kappa shape index (κ2) is 5.71. The molecule has 0 bridgehead atoms. The van der Waals surface area contributed by atoms with E-state index >= 15 is 0 Å². The van der Waals surface area contributed by atoms with Crippen LogP contribution in [-0.2, 0) is 11.2 Å². The van der Waals surface area contributed by atoms with Crippen LogP contribution in [0.4, 0.5) is 0 Å². The fraction of sp³-hybridized carbons (Fsp3) is 0.600. The number of thiophene rings is 1. The molecular weight excluding hydrogens is 220 g/mol. The molecule has 0 aliphatic carbocycles. The molecule has 14 heavy (non-hydrogen) atoms. The summed E-state index contributed by atoms with van der Waals surface area (Å²) in [6.45, 7) is 2.00. The summed E-state index contributed by atoms with van der Waals surface area (Å²) in [4.78, 5) is 1.10. The number of hydrogen-bond donors (Lipinski definition) is 1. The van der Waals surface area contributed by atoms with Crippen molar-refractivity contribution in [2.45, 2.75) is 32.0 Å². The molecule has 0 saturated heterocycles. The van der Waals surface area contributed by atoms with Crippen LogP contribution < -0.4 is 0 Å². The summed E-state index contributed by atoms with van der Waals surface area (Å²) in [7, 11) is 1.62. The SMILES string of the molecule is CCC(OC)C(O)Cc1ccc(Cl)s1. The largest absolute Gasteiger partial charge is 0.390 e. The van der Waals surface area contributed by atoms with Gasteiger partial charge in [0, 0.05) is 18.4 Å². The van der Waals surface area contributed by atoms with Crippen molar-refractivity contribution < 1.29 is 9.84 Å². The van der Waals surface area contributed by atoms with Crippen LogP contribution in [0.25, 0.3) is 0 Å². The average molecular weight is 235 g/mol. The van der Waals surface area contributed by atoms with E-state index < -0.39 is 6.10 Å². The zero-order chi connectivity index (χ0) is 10.6. The van der Waals surface area contributed by atoms with E-state index in [1.807, 2.05) is 19.1 Å². The first-order chi connectivity index (χ1) is 6.67. The molecule has 0 amide bonds. The second-order valence-electron chi connectivity index (χ2n) is 3.16. The Balaban J connectivity index is 2.51. The van der Waals surface area contributed by atoms with Crippen LogP contribution in [-0.4, -0.2) is 24.4 Å². The predicted octanol–water partition coefficient (Wildman–Crippen LogP) is 2.73. The molecule has 2 atom stereocenters. The van der Waals surface area contributed by atoms with Gasteiger partial charge in [0.1, 0.15) is 0 Å². The summed E-state index contributed by atoms with van der Waals surface area (Å²) >= 11 is 7.30. The summed E-state index contributed by atoms with van der Waals surface area (Å²) in [6.07, 6.45) is 0.899. The lowest BCUT2D eigenvalue weighted by atomic mass is 10.1. The quantitative estimate of drug-likeness (QED) is 0.849. The highest BCUT2D eigenvalue weighted by atomic mass is 35.5. The van der Waals surface area contributed by atoms with Gasteiger partial charge in [0.15, 0.2) is 0 Å². The lowest BCUT2D eigenvalue weighted by Crippen LogP contribution is -2.28. The van der Waals surface area contributed by atoms with E-state index in [0.29, 0.717) is 6.42 Å². The van der Waals surface area contributed by atoms with Gasteiger partial charge in [-0.25, -0.2) is 0 Å². The van der Waals surface area contributed by atoms with E-state index in [1.165, 1.54) is 11.3 Å². The van der Waals surface area contributed by atoms with Crippen molar-refractivity contribution in [3.05, 3.63) is 21.3 Å². The van der Waals surface area contributed by atoms with E-state index in [2.05, 4.69) is 0 Å². The van der Waals surface area contributed by atoms with Gasteiger partial charge in [-0.05, 0) is 18.6 Å². The molecule has 0 aliphatic heterocycles. The number of aliphatic hydroxyl groups is 1. The van der Waals surface area contributed by atoms with Crippen molar-refractivity contribution in [3.8, 4) is 0 Å². The molecule has 0 fully saturated rings. The molecule has 0 aliphatic rings. The van der Waals surface area contributed by atoms with Crippen LogP contribution in [0.5, 0.6) is 0 Å². The smallest absolute Gasteiger partial charge is 0.0931 e. The first-order valence-corrected chi connectivity index (χ1v) is 5.82. The zero-order valence-electron chi connectivity index (χ0n) is 8.37. The van der Waals surface area contributed by atoms with Crippen LogP contribution in [0.1, 0.15) is 18.2 Å². The van der Waals surface area contributed by atoms with Crippen molar-refractivity contribution >= 4 is 22.9 Å². The summed E-state index contributed by atoms with van der Waals surface area (Å²) in [5.41, 5.74) is 0. The van der Waals surface area contributed by atoms with Crippen molar-refractivity contribution in [2.75, 3.05) is 7.11 Å². The van der Waals surface area contributed by atoms with Crippen LogP contribution in [0.2, 0.25) is 4.34 Å². The predicted molar refractivity (Wildman–Crippen MR) is 60.1 cm³/mol. The van der Waals surface area contributed by atoms with Crippen LogP contribution in [0.15, 0.2) is 12.1 Å². The monoisotopic (exact) mass is 234 g/mol. The Labute approximate surface area is 93.5 Å². The topological polar surface area (TPSA) is 29.5 Å². The molecule has 0 spiro atoms. The molecule has 2 nitrogen and oxygen atoms in total. The van der Waals surface area contributed by atoms with Crippen LogP contribution in [0.3, 0.4) is 0 Å². The zero-order valence-corrected chi connectivity index (χ0v) is 9.94. The Morgan fingerprint density at radius 3 is 2.71 bits per heavy atom. The second-order valence-corrected chi connectivity index (χ2v) is 4.96. The highest BCUT2D eigenvalue weighted by molar-refractivity contribution is 7.16. The first-order valence-electron chi connectivity index (χ1n) is 4.62. The molecule has 1 rings (SSSR count). The Kier molecular flexibility index (Phi) is 4.89. The van der Waals surface area contributed by atoms with Crippen molar-refractivity contribution in [1.82, 2.24) is 0 Å². The van der Waals surface area contributed by atoms with Gasteiger partial charge in [0.05, 0.1) is 16.5 Å². The Morgan fingerprint density at radius 1 is 1.57 bits per heavy atom. The molecule has 1 N–H and O–H groups in total. The minimum Gasteiger partial charge on any atom is -0.390 e. The molecule has 4 heteroatoms. The summed E-state index contributed by atoms with van der Waals surface area (Å²) in [5.74, 6) is 0. The van der Waals surface area contributed by atoms with Crippen molar-refractivity contribution in [3.63, 3.8) is 0 Å². The lowest BCUT2D eigenvalue weighted by Gasteiger charge is -2.19. The Morgan fingerprint density at radius 2 is 2.29 bits per heavy atom. The van der Waals surface area contributed by atoms with E-state index in [4.69, 9.17) is 16.3 Å². The van der Waals surface area contributed by atoms with Gasteiger partial charge in [0.2, 0.25) is 0 Å². The molecular formula is C10H15ClO2S. The van der Waals surface area contributed by atoms with Gasteiger partial charge in [-0.1, -0.05) is 18.5 Å². The summed E-state index contributed by atoms with van der Waals surface area (Å²) in [6, 6.07) is 3.79. The molecule has 1 heterocycles. The lowest BCUT2D eigenvalue weighted by molar-refractivity contribution is -0.0125. The average Bonchev–Trinajstić information content (AvgIpc) is 2.53. The Bertz CT molecular complexity index is 271. The van der Waals surface area contributed by atoms with E-state index in [9.17, 15) is 5.11 Å². The van der Waals surface area contributed by atoms with Gasteiger partial charge in [-0.3, -0.25) is 0 Å². The number of aliphatic hydroxyl groups excluding tert-OH is 1. The third kappa shape index (κ3) is 3.24. The number of ether oxygens (including phenoxy) is 1. The molecule has 0 radical (unpaired) electrons. The number of halogens is 1. The molecule has 80 valence electrons. The highest BCUT2D eigenvalue weighted by Gasteiger charge is 2.17. The number of hydrogen-bond acceptors (Lipinski definition) is 3. The maximum atomic E-state index is 9.81. The fourth-order valence-electron chi connectivity index (χ4n) is 1.39. The van der Waals surface area contributed by atoms with Gasteiger partial charge >= 0.3 is 0 Å². The van der Waals surface area contributed by atoms with Gasteiger partial charge in [0.25, 0.3) is 0 Å². The summed E-state index contributed by atoms with van der Waals surface area (Å²) < 4.78 is 5.92. The maximum absolute atomic E-state index is 9.81. The molecule has 0 saturated carbocycles. The third-order valence-electron chi connectivity index (χ3n) is 2.17. The Hall–Kier alpha value is -0.0900. The van der Waals surface area contributed by atoms with Gasteiger partial charge < -0.3 is 9.84 Å². The molecule has 2 unspecified atom stereocenters. The number of rotatable bonds is 5. The van der Waals surface area contributed by atoms with Crippen LogP contribution >= 0.6 is 22.9 Å². The first kappa shape index (κ1) is 12.0. The van der Waals surface area contributed by atoms with Gasteiger partial charge in [-0.15, -0.1) is 11.3 Å². The highest BCUT2D eigenvalue weighted by Crippen LogP contribution is 2.23. The molecule has 1 aromatic rings. The van der Waals surface area contributed by atoms with Gasteiger partial charge in [-0.2, -0.15) is 0 Å². The maximum Gasteiger partial charge on any atom is 0.0931 e. The standard InChI is InChI=1S/C10H15ClO2S/c1-3-9(13-2)8(12)6-7-4-5-10(11)14-7/h4-5,8-9,12H,3,6H2,1-2H3. The van der Waals surface area contributed by atoms with Crippen LogP contribution in [0, 0.1) is 0 Å². The summed E-state index contributed by atoms with van der Waals surface area (Å²) in [5, 5.41) is 9.81. The fourth-order valence-corrected chi connectivity index (χ4v) is 2.53. The van der Waals surface area contributed by atoms with Crippen molar-refractivity contribution in [1.29, 1.82) is 0 Å². The van der Waals surface area contributed by atoms with Crippen molar-refractivity contribution in [2.24, 2.45) is 0 Å². The van der Waals surface area contributed by atoms with E-state index in [0.717, 1.165) is 15.6 Å². The number of methoxy groups -OCH3 is 1.